The number of thioether (sulfide) groups is 1. The fraction of sp³-hybridized carbons (Fsp3) is 0.148. The number of Topliss-reactive ketones (excluding diaryl/α,β-unsaturated/α-hetero) is 1. The Morgan fingerprint density at radius 2 is 1.75 bits per heavy atom. The third-order valence-corrected chi connectivity index (χ3v) is 7.34. The Labute approximate surface area is 210 Å². The Morgan fingerprint density at radius 3 is 2.50 bits per heavy atom. The van der Waals surface area contributed by atoms with Crippen LogP contribution in [0.5, 0.6) is 0 Å². The second-order valence-corrected chi connectivity index (χ2v) is 9.76. The standard InChI is InChI=1S/C27H22N4O4S/c1-14-7-9-20(11-15(14)2)31-26(33)23(16(3)30-31)28-29-25-24(32)21-13-18(8-10-22(21)36-25)17-5-4-6-19(12-17)27(34)35/h4-13,25,30H,1-3H3,(H,34,35). The summed E-state index contributed by atoms with van der Waals surface area (Å²) in [6, 6.07) is 17.7. The summed E-state index contributed by atoms with van der Waals surface area (Å²) in [5, 5.41) is 19.9. The molecule has 0 saturated carbocycles. The van der Waals surface area contributed by atoms with Crippen LogP contribution in [0.4, 0.5) is 5.69 Å². The van der Waals surface area contributed by atoms with Crippen LogP contribution < -0.4 is 5.56 Å². The summed E-state index contributed by atoms with van der Waals surface area (Å²) in [5.74, 6) is -1.22. The van der Waals surface area contributed by atoms with Crippen LogP contribution in [0.1, 0.15) is 37.5 Å². The van der Waals surface area contributed by atoms with E-state index in [0.717, 1.165) is 21.6 Å². The highest BCUT2D eigenvalue weighted by Crippen LogP contribution is 2.40. The second kappa shape index (κ2) is 9.09. The van der Waals surface area contributed by atoms with Crippen molar-refractivity contribution in [1.82, 2.24) is 9.78 Å². The van der Waals surface area contributed by atoms with Gasteiger partial charge in [0.25, 0.3) is 5.56 Å². The maximum absolute atomic E-state index is 13.1. The highest BCUT2D eigenvalue weighted by molar-refractivity contribution is 8.01. The Hall–Kier alpha value is -4.24. The van der Waals surface area contributed by atoms with E-state index in [1.807, 2.05) is 44.2 Å². The number of H-pyrrole nitrogens is 1. The van der Waals surface area contributed by atoms with Crippen LogP contribution >= 0.6 is 11.8 Å². The first kappa shape index (κ1) is 23.5. The normalized spacial score (nSPS) is 15.0. The third kappa shape index (κ3) is 4.18. The molecule has 3 aromatic carbocycles. The first-order valence-corrected chi connectivity index (χ1v) is 12.1. The SMILES string of the molecule is Cc1ccc(-n2[nH]c(C)c(N=NC3Sc4ccc(-c5cccc(C(=O)O)c5)cc4C3=O)c2=O)cc1C. The summed E-state index contributed by atoms with van der Waals surface area (Å²) >= 11 is 1.27. The van der Waals surface area contributed by atoms with Crippen molar-refractivity contribution in [2.24, 2.45) is 10.2 Å². The Bertz CT molecular complexity index is 1630. The molecule has 1 aliphatic rings. The largest absolute Gasteiger partial charge is 0.478 e. The zero-order valence-corrected chi connectivity index (χ0v) is 20.6. The van der Waals surface area contributed by atoms with Gasteiger partial charge in [0.2, 0.25) is 5.78 Å². The summed E-state index contributed by atoms with van der Waals surface area (Å²) < 4.78 is 1.42. The minimum absolute atomic E-state index is 0.156. The molecule has 0 amide bonds. The van der Waals surface area contributed by atoms with Gasteiger partial charge >= 0.3 is 5.97 Å². The highest BCUT2D eigenvalue weighted by Gasteiger charge is 2.32. The van der Waals surface area contributed by atoms with E-state index in [2.05, 4.69) is 15.3 Å². The fourth-order valence-corrected chi connectivity index (χ4v) is 5.03. The van der Waals surface area contributed by atoms with E-state index in [9.17, 15) is 19.5 Å². The predicted molar refractivity (Wildman–Crippen MR) is 138 cm³/mol. The number of aromatic nitrogens is 2. The maximum atomic E-state index is 13.1. The van der Waals surface area contributed by atoms with E-state index in [4.69, 9.17) is 0 Å². The maximum Gasteiger partial charge on any atom is 0.335 e. The highest BCUT2D eigenvalue weighted by atomic mass is 32.2. The van der Waals surface area contributed by atoms with Gasteiger partial charge < -0.3 is 5.11 Å². The van der Waals surface area contributed by atoms with Crippen LogP contribution in [-0.4, -0.2) is 32.0 Å². The van der Waals surface area contributed by atoms with Crippen molar-refractivity contribution < 1.29 is 14.7 Å². The van der Waals surface area contributed by atoms with Crippen molar-refractivity contribution in [3.05, 3.63) is 99.0 Å². The summed E-state index contributed by atoms with van der Waals surface area (Å²) in [6.45, 7) is 5.73. The van der Waals surface area contributed by atoms with Crippen LogP contribution in [0, 0.1) is 20.8 Å². The van der Waals surface area contributed by atoms with Crippen LogP contribution in [0.3, 0.4) is 0 Å². The number of carbonyl (C=O) groups is 2. The molecule has 1 atom stereocenters. The summed E-state index contributed by atoms with van der Waals surface area (Å²) in [5.41, 5.74) is 5.38. The van der Waals surface area contributed by atoms with Gasteiger partial charge in [-0.25, -0.2) is 9.48 Å². The van der Waals surface area contributed by atoms with Gasteiger partial charge in [0.05, 0.1) is 16.9 Å². The van der Waals surface area contributed by atoms with Gasteiger partial charge in [-0.15, -0.1) is 5.11 Å². The average Bonchev–Trinajstić information content (AvgIpc) is 3.34. The van der Waals surface area contributed by atoms with Crippen molar-refractivity contribution >= 4 is 29.2 Å². The van der Waals surface area contributed by atoms with Gasteiger partial charge in [-0.3, -0.25) is 14.7 Å². The topological polar surface area (TPSA) is 117 Å². The van der Waals surface area contributed by atoms with Crippen molar-refractivity contribution in [3.8, 4) is 16.8 Å². The number of fused-ring (bicyclic) bond motifs is 1. The number of aromatic amines is 1. The van der Waals surface area contributed by atoms with Crippen LogP contribution in [0.15, 0.2) is 80.6 Å². The number of aryl methyl sites for hydroxylation is 3. The zero-order valence-electron chi connectivity index (χ0n) is 19.8. The lowest BCUT2D eigenvalue weighted by atomic mass is 10.00. The lowest BCUT2D eigenvalue weighted by Crippen LogP contribution is -2.14. The average molecular weight is 499 g/mol. The summed E-state index contributed by atoms with van der Waals surface area (Å²) in [6.07, 6.45) is 0. The third-order valence-electron chi connectivity index (χ3n) is 6.20. The molecule has 2 heterocycles. The number of benzene rings is 3. The van der Waals surface area contributed by atoms with Gasteiger partial charge in [-0.1, -0.05) is 36.0 Å². The van der Waals surface area contributed by atoms with Crippen molar-refractivity contribution in [2.45, 2.75) is 31.0 Å². The molecule has 180 valence electrons. The monoisotopic (exact) mass is 498 g/mol. The number of rotatable bonds is 5. The quantitative estimate of drug-likeness (QED) is 0.335. The number of hydrogen-bond acceptors (Lipinski definition) is 6. The van der Waals surface area contributed by atoms with Crippen molar-refractivity contribution in [2.75, 3.05) is 0 Å². The van der Waals surface area contributed by atoms with Gasteiger partial charge in [0.15, 0.2) is 11.1 Å². The number of aromatic carboxylic acids is 1. The molecular weight excluding hydrogens is 476 g/mol. The number of nitrogens with zero attached hydrogens (tertiary/aromatic N) is 3. The molecule has 0 saturated heterocycles. The molecule has 0 fully saturated rings. The molecule has 0 aliphatic carbocycles. The lowest BCUT2D eigenvalue weighted by molar-refractivity contribution is 0.0696. The van der Waals surface area contributed by atoms with E-state index in [1.54, 1.807) is 31.2 Å². The van der Waals surface area contributed by atoms with Gasteiger partial charge in [0, 0.05) is 10.5 Å². The first-order chi connectivity index (χ1) is 17.2. The number of azo groups is 1. The molecule has 9 heteroatoms. The summed E-state index contributed by atoms with van der Waals surface area (Å²) in [7, 11) is 0. The molecule has 1 aromatic heterocycles. The number of carboxylic acid groups (broad SMARTS) is 1. The molecule has 8 nitrogen and oxygen atoms in total. The number of carboxylic acids is 1. The van der Waals surface area contributed by atoms with Crippen molar-refractivity contribution in [3.63, 3.8) is 0 Å². The fourth-order valence-electron chi connectivity index (χ4n) is 4.03. The molecule has 5 rings (SSSR count). The van der Waals surface area contributed by atoms with Gasteiger partial charge in [0.1, 0.15) is 0 Å². The number of carbonyl (C=O) groups excluding carboxylic acids is 1. The minimum atomic E-state index is -1.01. The Kier molecular flexibility index (Phi) is 5.93. The molecule has 1 aliphatic heterocycles. The predicted octanol–water partition coefficient (Wildman–Crippen LogP) is 5.85. The Morgan fingerprint density at radius 1 is 0.972 bits per heavy atom. The number of hydrogen-bond donors (Lipinski definition) is 2. The Balaban J connectivity index is 1.41. The minimum Gasteiger partial charge on any atom is -0.478 e. The molecule has 0 spiro atoms. The number of ketones is 1. The second-order valence-electron chi connectivity index (χ2n) is 8.64. The van der Waals surface area contributed by atoms with Gasteiger partial charge in [-0.05, 0) is 79.4 Å². The van der Waals surface area contributed by atoms with E-state index >= 15 is 0 Å². The van der Waals surface area contributed by atoms with Gasteiger partial charge in [-0.2, -0.15) is 5.11 Å². The molecular formula is C27H22N4O4S. The van der Waals surface area contributed by atoms with Crippen LogP contribution in [0.2, 0.25) is 0 Å². The van der Waals surface area contributed by atoms with E-state index in [1.165, 1.54) is 22.5 Å². The van der Waals surface area contributed by atoms with Crippen molar-refractivity contribution in [1.29, 1.82) is 0 Å². The molecule has 4 aromatic rings. The van der Waals surface area contributed by atoms with E-state index in [0.29, 0.717) is 22.5 Å². The van der Waals surface area contributed by atoms with Crippen LogP contribution in [0.25, 0.3) is 16.8 Å². The molecule has 1 unspecified atom stereocenters. The lowest BCUT2D eigenvalue weighted by Gasteiger charge is -2.05. The smallest absolute Gasteiger partial charge is 0.335 e. The molecule has 2 N–H and O–H groups in total. The zero-order chi connectivity index (χ0) is 25.6. The van der Waals surface area contributed by atoms with E-state index in [-0.39, 0.29) is 22.6 Å². The summed E-state index contributed by atoms with van der Waals surface area (Å²) in [4.78, 5) is 38.2. The molecule has 0 bridgehead atoms. The molecule has 0 radical (unpaired) electrons. The molecule has 36 heavy (non-hydrogen) atoms. The number of nitrogens with one attached hydrogen (secondary N) is 1. The van der Waals surface area contributed by atoms with Crippen LogP contribution in [-0.2, 0) is 0 Å². The van der Waals surface area contributed by atoms with E-state index < -0.39 is 11.3 Å². The first-order valence-electron chi connectivity index (χ1n) is 11.2.